The molecule has 1 N–H and O–H groups in total. The molecule has 5 amide bonds. The second-order valence-electron chi connectivity index (χ2n) is 7.48. The summed E-state index contributed by atoms with van der Waals surface area (Å²) in [5, 5.41) is 2.84. The maximum atomic E-state index is 12.9. The number of rotatable bonds is 7. The summed E-state index contributed by atoms with van der Waals surface area (Å²) in [6.45, 7) is -0.772. The number of urea groups is 1. The Bertz CT molecular complexity index is 1290. The van der Waals surface area contributed by atoms with Gasteiger partial charge in [-0.15, -0.1) is 0 Å². The molecule has 4 rings (SSSR count). The molecule has 1 aliphatic heterocycles. The third kappa shape index (κ3) is 4.72. The molecule has 0 saturated carbocycles. The van der Waals surface area contributed by atoms with Crippen molar-refractivity contribution in [2.24, 2.45) is 0 Å². The molecule has 1 fully saturated rings. The zero-order chi connectivity index (χ0) is 24.2. The lowest BCUT2D eigenvalue weighted by Crippen LogP contribution is -2.39. The molecule has 8 nitrogen and oxygen atoms in total. The Hall–Kier alpha value is -4.30. The van der Waals surface area contributed by atoms with Crippen molar-refractivity contribution in [2.45, 2.75) is 6.54 Å². The van der Waals surface area contributed by atoms with E-state index in [9.17, 15) is 24.0 Å². The van der Waals surface area contributed by atoms with Gasteiger partial charge in [-0.05, 0) is 23.8 Å². The average Bonchev–Trinajstić information content (AvgIpc) is 3.04. The van der Waals surface area contributed by atoms with Crippen molar-refractivity contribution in [3.8, 4) is 0 Å². The van der Waals surface area contributed by atoms with E-state index in [-0.39, 0.29) is 23.6 Å². The van der Waals surface area contributed by atoms with Crippen LogP contribution in [0, 0.1) is 0 Å². The lowest BCUT2D eigenvalue weighted by atomic mass is 10.0. The highest BCUT2D eigenvalue weighted by Crippen LogP contribution is 2.24. The number of benzene rings is 3. The fraction of sp³-hybridized carbons (Fsp3) is 0.0800. The van der Waals surface area contributed by atoms with Crippen molar-refractivity contribution in [2.75, 3.05) is 11.9 Å². The van der Waals surface area contributed by atoms with Crippen molar-refractivity contribution in [1.29, 1.82) is 0 Å². The van der Waals surface area contributed by atoms with Gasteiger partial charge in [-0.1, -0.05) is 72.3 Å². The lowest BCUT2D eigenvalue weighted by molar-refractivity contribution is -0.143. The summed E-state index contributed by atoms with van der Waals surface area (Å²) in [5.41, 5.74) is 1.36. The van der Waals surface area contributed by atoms with Crippen LogP contribution in [0.25, 0.3) is 0 Å². The van der Waals surface area contributed by atoms with Crippen LogP contribution in [0.15, 0.2) is 78.9 Å². The van der Waals surface area contributed by atoms with Gasteiger partial charge in [-0.25, -0.2) is 9.69 Å². The van der Waals surface area contributed by atoms with E-state index in [0.717, 1.165) is 4.90 Å². The maximum Gasteiger partial charge on any atom is 0.335 e. The van der Waals surface area contributed by atoms with Gasteiger partial charge in [0, 0.05) is 16.1 Å². The SMILES string of the molecule is O=C(CN1C(=O)C(=O)N(Cc2ccccc2)C1=O)Nc1ccc(Cl)cc1C(=O)c1ccccc1. The van der Waals surface area contributed by atoms with E-state index in [1.165, 1.54) is 18.2 Å². The van der Waals surface area contributed by atoms with E-state index in [2.05, 4.69) is 5.32 Å². The molecule has 1 heterocycles. The van der Waals surface area contributed by atoms with Crippen LogP contribution in [0.3, 0.4) is 0 Å². The molecule has 3 aromatic carbocycles. The minimum atomic E-state index is -1.09. The molecule has 3 aromatic rings. The third-order valence-electron chi connectivity index (χ3n) is 5.16. The van der Waals surface area contributed by atoms with Gasteiger partial charge in [0.15, 0.2) is 5.78 Å². The first-order chi connectivity index (χ1) is 16.3. The summed E-state index contributed by atoms with van der Waals surface area (Å²) in [7, 11) is 0. The van der Waals surface area contributed by atoms with Crippen LogP contribution < -0.4 is 5.32 Å². The fourth-order valence-electron chi connectivity index (χ4n) is 3.49. The van der Waals surface area contributed by atoms with Gasteiger partial charge < -0.3 is 5.32 Å². The number of carbonyl (C=O) groups is 5. The van der Waals surface area contributed by atoms with Gasteiger partial charge in [0.25, 0.3) is 0 Å². The van der Waals surface area contributed by atoms with Crippen LogP contribution in [-0.2, 0) is 20.9 Å². The number of halogens is 1. The van der Waals surface area contributed by atoms with Crippen molar-refractivity contribution < 1.29 is 24.0 Å². The van der Waals surface area contributed by atoms with Crippen LogP contribution >= 0.6 is 11.6 Å². The number of amides is 5. The summed E-state index contributed by atoms with van der Waals surface area (Å²) in [4.78, 5) is 64.4. The molecule has 34 heavy (non-hydrogen) atoms. The molecule has 0 unspecified atom stereocenters. The molecule has 1 saturated heterocycles. The van der Waals surface area contributed by atoms with Gasteiger partial charge in [0.05, 0.1) is 12.2 Å². The highest BCUT2D eigenvalue weighted by Gasteiger charge is 2.45. The summed E-state index contributed by atoms with van der Waals surface area (Å²) >= 11 is 6.05. The highest BCUT2D eigenvalue weighted by atomic mass is 35.5. The largest absolute Gasteiger partial charge is 0.335 e. The second kappa shape index (κ2) is 9.68. The van der Waals surface area contributed by atoms with Gasteiger partial charge in [0.1, 0.15) is 6.54 Å². The number of carbonyl (C=O) groups excluding carboxylic acids is 5. The standard InChI is InChI=1S/C25H18ClN3O5/c26-18-11-12-20(19(13-18)22(31)17-9-5-2-6-10-17)27-21(30)15-29-24(33)23(32)28(25(29)34)14-16-7-3-1-4-8-16/h1-13H,14-15H2,(H,27,30). The third-order valence-corrected chi connectivity index (χ3v) is 5.39. The normalized spacial score (nSPS) is 13.4. The number of ketones is 1. The number of anilines is 1. The van der Waals surface area contributed by atoms with Crippen LogP contribution in [0.1, 0.15) is 21.5 Å². The minimum absolute atomic E-state index is 0.0880. The predicted molar refractivity (Wildman–Crippen MR) is 124 cm³/mol. The first-order valence-electron chi connectivity index (χ1n) is 10.3. The summed E-state index contributed by atoms with van der Waals surface area (Å²) in [5.74, 6) is -3.21. The molecule has 9 heteroatoms. The Morgan fingerprint density at radius 2 is 1.41 bits per heavy atom. The average molecular weight is 476 g/mol. The molecule has 0 atom stereocenters. The zero-order valence-electron chi connectivity index (χ0n) is 17.7. The van der Waals surface area contributed by atoms with E-state index in [0.29, 0.717) is 21.0 Å². The Morgan fingerprint density at radius 3 is 2.09 bits per heavy atom. The number of nitrogens with zero attached hydrogens (tertiary/aromatic N) is 2. The van der Waals surface area contributed by atoms with Crippen LogP contribution in [-0.4, -0.2) is 45.9 Å². The smallest absolute Gasteiger partial charge is 0.324 e. The molecule has 0 spiro atoms. The summed E-state index contributed by atoms with van der Waals surface area (Å²) in [6.07, 6.45) is 0. The Balaban J connectivity index is 1.50. The van der Waals surface area contributed by atoms with Crippen molar-refractivity contribution in [1.82, 2.24) is 9.80 Å². The maximum absolute atomic E-state index is 12.9. The molecule has 170 valence electrons. The van der Waals surface area contributed by atoms with E-state index >= 15 is 0 Å². The van der Waals surface area contributed by atoms with Crippen LogP contribution in [0.2, 0.25) is 5.02 Å². The predicted octanol–water partition coefficient (Wildman–Crippen LogP) is 3.50. The first-order valence-corrected chi connectivity index (χ1v) is 10.6. The zero-order valence-corrected chi connectivity index (χ0v) is 18.5. The van der Waals surface area contributed by atoms with E-state index in [1.54, 1.807) is 60.7 Å². The molecule has 0 bridgehead atoms. The van der Waals surface area contributed by atoms with E-state index < -0.39 is 30.3 Å². The quantitative estimate of drug-likeness (QED) is 0.320. The Kier molecular flexibility index (Phi) is 6.51. The summed E-state index contributed by atoms with van der Waals surface area (Å²) < 4.78 is 0. The molecule has 0 aromatic heterocycles. The fourth-order valence-corrected chi connectivity index (χ4v) is 3.66. The van der Waals surface area contributed by atoms with Gasteiger partial charge in [-0.2, -0.15) is 0 Å². The van der Waals surface area contributed by atoms with Gasteiger partial charge in [-0.3, -0.25) is 24.1 Å². The molecule has 0 radical (unpaired) electrons. The second-order valence-corrected chi connectivity index (χ2v) is 7.92. The van der Waals surface area contributed by atoms with Gasteiger partial charge >= 0.3 is 17.8 Å². The first kappa shape index (κ1) is 22.9. The van der Waals surface area contributed by atoms with Gasteiger partial charge in [0.2, 0.25) is 5.91 Å². The van der Waals surface area contributed by atoms with Crippen molar-refractivity contribution in [3.05, 3.63) is 101 Å². The number of imide groups is 2. The number of hydrogen-bond donors (Lipinski definition) is 1. The Labute approximate surface area is 199 Å². The van der Waals surface area contributed by atoms with Crippen LogP contribution in [0.5, 0.6) is 0 Å². The minimum Gasteiger partial charge on any atom is -0.324 e. The molecular weight excluding hydrogens is 458 g/mol. The van der Waals surface area contributed by atoms with Crippen LogP contribution in [0.4, 0.5) is 10.5 Å². The number of hydrogen-bond acceptors (Lipinski definition) is 5. The monoisotopic (exact) mass is 475 g/mol. The van der Waals surface area contributed by atoms with Crippen molar-refractivity contribution in [3.63, 3.8) is 0 Å². The number of nitrogens with one attached hydrogen (secondary N) is 1. The topological polar surface area (TPSA) is 104 Å². The Morgan fingerprint density at radius 1 is 0.794 bits per heavy atom. The summed E-state index contributed by atoms with van der Waals surface area (Å²) in [6, 6.07) is 20.6. The van der Waals surface area contributed by atoms with Crippen molar-refractivity contribution >= 4 is 46.8 Å². The van der Waals surface area contributed by atoms with E-state index in [4.69, 9.17) is 11.6 Å². The molecule has 0 aliphatic carbocycles. The van der Waals surface area contributed by atoms with E-state index in [1.807, 2.05) is 0 Å². The highest BCUT2D eigenvalue weighted by molar-refractivity contribution is 6.45. The lowest BCUT2D eigenvalue weighted by Gasteiger charge is -2.16. The molecule has 1 aliphatic rings. The molecular formula is C25H18ClN3O5.